The molecule has 0 aliphatic carbocycles. The van der Waals surface area contributed by atoms with E-state index in [9.17, 15) is 4.79 Å². The summed E-state index contributed by atoms with van der Waals surface area (Å²) >= 11 is 9.17. The van der Waals surface area contributed by atoms with Gasteiger partial charge in [0.25, 0.3) is 5.91 Å². The van der Waals surface area contributed by atoms with E-state index in [1.807, 2.05) is 0 Å². The summed E-state index contributed by atoms with van der Waals surface area (Å²) in [7, 11) is 0. The topological polar surface area (TPSA) is 80.0 Å². The van der Waals surface area contributed by atoms with Crippen LogP contribution in [-0.2, 0) is 0 Å². The van der Waals surface area contributed by atoms with Crippen LogP contribution in [0.1, 0.15) is 10.4 Å². The van der Waals surface area contributed by atoms with Crippen LogP contribution in [-0.4, -0.2) is 10.9 Å². The molecule has 0 atom stereocenters. The largest absolute Gasteiger partial charge is 0.323 e. The fraction of sp³-hybridized carbons (Fsp3) is 0. The first-order valence-electron chi connectivity index (χ1n) is 5.29. The lowest BCUT2D eigenvalue weighted by Crippen LogP contribution is -2.17. The number of pyridine rings is 1. The summed E-state index contributed by atoms with van der Waals surface area (Å²) in [6, 6.07) is 6.71. The number of nitrogens with one attached hydrogen (secondary N) is 2. The van der Waals surface area contributed by atoms with Gasteiger partial charge in [-0.2, -0.15) is 0 Å². The zero-order chi connectivity index (χ0) is 13.8. The highest BCUT2D eigenvalue weighted by Crippen LogP contribution is 2.26. The molecule has 7 heteroatoms. The van der Waals surface area contributed by atoms with Crippen LogP contribution in [0.25, 0.3) is 0 Å². The van der Waals surface area contributed by atoms with Crippen molar-refractivity contribution < 1.29 is 4.79 Å². The molecule has 98 valence electrons. The van der Waals surface area contributed by atoms with Crippen LogP contribution in [0.15, 0.2) is 41.1 Å². The summed E-state index contributed by atoms with van der Waals surface area (Å²) in [4.78, 5) is 16.0. The molecule has 1 amide bonds. The van der Waals surface area contributed by atoms with Crippen molar-refractivity contribution in [1.82, 2.24) is 4.98 Å². The second kappa shape index (κ2) is 6.01. The van der Waals surface area contributed by atoms with E-state index in [1.165, 1.54) is 6.20 Å². The Hall–Kier alpha value is -1.63. The van der Waals surface area contributed by atoms with Crippen LogP contribution in [0.4, 0.5) is 11.4 Å². The molecular formula is C12H10BrClN4O. The molecule has 1 heterocycles. The lowest BCUT2D eigenvalue weighted by molar-refractivity contribution is 0.102. The maximum Gasteiger partial charge on any atom is 0.259 e. The molecule has 0 saturated carbocycles. The average molecular weight is 342 g/mol. The number of nitrogens with zero attached hydrogens (tertiary/aromatic N) is 1. The van der Waals surface area contributed by atoms with Crippen molar-refractivity contribution in [3.63, 3.8) is 0 Å². The predicted molar refractivity (Wildman–Crippen MR) is 79.2 cm³/mol. The smallest absolute Gasteiger partial charge is 0.259 e. The van der Waals surface area contributed by atoms with Crippen LogP contribution in [0, 0.1) is 0 Å². The van der Waals surface area contributed by atoms with Crippen LogP contribution in [0.2, 0.25) is 5.02 Å². The molecule has 0 saturated heterocycles. The maximum atomic E-state index is 12.1. The van der Waals surface area contributed by atoms with Crippen molar-refractivity contribution >= 4 is 44.8 Å². The van der Waals surface area contributed by atoms with E-state index in [2.05, 4.69) is 31.7 Å². The number of benzene rings is 1. The number of anilines is 2. The Labute approximate surface area is 123 Å². The van der Waals surface area contributed by atoms with Gasteiger partial charge < -0.3 is 10.7 Å². The van der Waals surface area contributed by atoms with Crippen molar-refractivity contribution in [2.45, 2.75) is 0 Å². The highest BCUT2D eigenvalue weighted by atomic mass is 79.9. The SMILES string of the molecule is NNc1ccncc1C(=O)Nc1ccc(Cl)cc1Br. The minimum absolute atomic E-state index is 0.316. The summed E-state index contributed by atoms with van der Waals surface area (Å²) in [6.45, 7) is 0. The van der Waals surface area contributed by atoms with Crippen molar-refractivity contribution in [2.75, 3.05) is 10.7 Å². The number of hydrogen-bond acceptors (Lipinski definition) is 4. The first kappa shape index (κ1) is 13.8. The molecular weight excluding hydrogens is 332 g/mol. The van der Waals surface area contributed by atoms with E-state index < -0.39 is 0 Å². The lowest BCUT2D eigenvalue weighted by atomic mass is 10.2. The minimum Gasteiger partial charge on any atom is -0.323 e. The number of amides is 1. The van der Waals surface area contributed by atoms with Gasteiger partial charge in [0.1, 0.15) is 0 Å². The number of halogens is 2. The molecule has 0 aliphatic rings. The molecule has 2 aromatic rings. The molecule has 2 rings (SSSR count). The van der Waals surface area contributed by atoms with Gasteiger partial charge in [0.05, 0.1) is 16.9 Å². The number of hydrazine groups is 1. The maximum absolute atomic E-state index is 12.1. The Morgan fingerprint density at radius 1 is 1.32 bits per heavy atom. The normalized spacial score (nSPS) is 10.1. The lowest BCUT2D eigenvalue weighted by Gasteiger charge is -2.10. The van der Waals surface area contributed by atoms with Crippen molar-refractivity contribution in [3.05, 3.63) is 51.7 Å². The quantitative estimate of drug-likeness (QED) is 0.592. The van der Waals surface area contributed by atoms with Crippen LogP contribution in [0.3, 0.4) is 0 Å². The zero-order valence-electron chi connectivity index (χ0n) is 9.65. The van der Waals surface area contributed by atoms with Gasteiger partial charge in [-0.3, -0.25) is 15.6 Å². The standard InChI is InChI=1S/C12H10BrClN4O/c13-9-5-7(14)1-2-11(9)17-12(19)8-6-16-4-3-10(8)18-15/h1-6H,15H2,(H,16,18)(H,17,19). The third-order valence-electron chi connectivity index (χ3n) is 2.40. The average Bonchev–Trinajstić information content (AvgIpc) is 2.41. The number of aromatic nitrogens is 1. The molecule has 4 N–H and O–H groups in total. The first-order chi connectivity index (χ1) is 9.11. The molecule has 0 fully saturated rings. The third kappa shape index (κ3) is 3.23. The summed E-state index contributed by atoms with van der Waals surface area (Å²) in [5.74, 6) is 5.03. The van der Waals surface area contributed by atoms with E-state index in [4.69, 9.17) is 17.4 Å². The van der Waals surface area contributed by atoms with Gasteiger partial charge in [-0.25, -0.2) is 0 Å². The Bertz CT molecular complexity index is 620. The summed E-state index contributed by atoms with van der Waals surface area (Å²) in [5.41, 5.74) is 3.92. The molecule has 19 heavy (non-hydrogen) atoms. The highest BCUT2D eigenvalue weighted by molar-refractivity contribution is 9.10. The fourth-order valence-corrected chi connectivity index (χ4v) is 2.26. The van der Waals surface area contributed by atoms with E-state index in [0.29, 0.717) is 26.4 Å². The Morgan fingerprint density at radius 2 is 2.11 bits per heavy atom. The summed E-state index contributed by atoms with van der Waals surface area (Å²) < 4.78 is 0.694. The molecule has 5 nitrogen and oxygen atoms in total. The second-order valence-electron chi connectivity index (χ2n) is 3.64. The van der Waals surface area contributed by atoms with Crippen LogP contribution >= 0.6 is 27.5 Å². The number of nitrogens with two attached hydrogens (primary N) is 1. The molecule has 0 radical (unpaired) electrons. The monoisotopic (exact) mass is 340 g/mol. The van der Waals surface area contributed by atoms with Gasteiger partial charge in [0.2, 0.25) is 0 Å². The Kier molecular flexibility index (Phi) is 4.36. The second-order valence-corrected chi connectivity index (χ2v) is 4.93. The van der Waals surface area contributed by atoms with Crippen LogP contribution in [0.5, 0.6) is 0 Å². The number of carbonyl (C=O) groups excluding carboxylic acids is 1. The number of rotatable bonds is 3. The molecule has 0 aliphatic heterocycles. The number of nitrogen functional groups attached to an aromatic ring is 1. The zero-order valence-corrected chi connectivity index (χ0v) is 12.0. The molecule has 0 spiro atoms. The first-order valence-corrected chi connectivity index (χ1v) is 6.46. The van der Waals surface area contributed by atoms with Gasteiger partial charge in [0, 0.05) is 21.9 Å². The van der Waals surface area contributed by atoms with E-state index in [1.54, 1.807) is 30.5 Å². The molecule has 0 bridgehead atoms. The van der Waals surface area contributed by atoms with Gasteiger partial charge in [-0.15, -0.1) is 0 Å². The number of carbonyl (C=O) groups is 1. The highest BCUT2D eigenvalue weighted by Gasteiger charge is 2.12. The third-order valence-corrected chi connectivity index (χ3v) is 3.29. The van der Waals surface area contributed by atoms with Gasteiger partial charge in [-0.1, -0.05) is 11.6 Å². The fourth-order valence-electron chi connectivity index (χ4n) is 1.48. The predicted octanol–water partition coefficient (Wildman–Crippen LogP) is 3.04. The molecule has 1 aromatic heterocycles. The van der Waals surface area contributed by atoms with Gasteiger partial charge >= 0.3 is 0 Å². The van der Waals surface area contributed by atoms with Crippen molar-refractivity contribution in [1.29, 1.82) is 0 Å². The molecule has 1 aromatic carbocycles. The summed E-state index contributed by atoms with van der Waals surface area (Å²) in [6.07, 6.45) is 2.98. The minimum atomic E-state index is -0.316. The van der Waals surface area contributed by atoms with Crippen molar-refractivity contribution in [2.24, 2.45) is 5.84 Å². The number of hydrogen-bond donors (Lipinski definition) is 3. The summed E-state index contributed by atoms with van der Waals surface area (Å²) in [5, 5.41) is 3.33. The van der Waals surface area contributed by atoms with Crippen LogP contribution < -0.4 is 16.6 Å². The van der Waals surface area contributed by atoms with Gasteiger partial charge in [0.15, 0.2) is 0 Å². The van der Waals surface area contributed by atoms with Gasteiger partial charge in [-0.05, 0) is 40.2 Å². The Morgan fingerprint density at radius 3 is 2.79 bits per heavy atom. The van der Waals surface area contributed by atoms with E-state index in [-0.39, 0.29) is 5.91 Å². The van der Waals surface area contributed by atoms with E-state index in [0.717, 1.165) is 0 Å². The van der Waals surface area contributed by atoms with Crippen molar-refractivity contribution in [3.8, 4) is 0 Å². The van der Waals surface area contributed by atoms with E-state index >= 15 is 0 Å². The Balaban J connectivity index is 2.26. The molecule has 0 unspecified atom stereocenters.